The van der Waals surface area contributed by atoms with Crippen molar-refractivity contribution in [3.63, 3.8) is 0 Å². The smallest absolute Gasteiger partial charge is 0.340 e. The molecule has 1 saturated heterocycles. The van der Waals surface area contributed by atoms with Crippen LogP contribution in [0.2, 0.25) is 0 Å². The Morgan fingerprint density at radius 2 is 1.92 bits per heavy atom. The monoisotopic (exact) mass is 332 g/mol. The number of nitrogens with one attached hydrogen (secondary N) is 1. The molecule has 132 valence electrons. The van der Waals surface area contributed by atoms with E-state index in [1.807, 2.05) is 19.9 Å². The Kier molecular flexibility index (Phi) is 6.79. The highest BCUT2D eigenvalue weighted by atomic mass is 16.5. The summed E-state index contributed by atoms with van der Waals surface area (Å²) in [6.45, 7) is 7.93. The molecule has 1 atom stereocenters. The second kappa shape index (κ2) is 8.83. The van der Waals surface area contributed by atoms with Crippen LogP contribution < -0.4 is 5.32 Å². The summed E-state index contributed by atoms with van der Waals surface area (Å²) in [5.74, 6) is -0.443. The van der Waals surface area contributed by atoms with Gasteiger partial charge in [0.2, 0.25) is 5.91 Å². The highest BCUT2D eigenvalue weighted by Gasteiger charge is 2.27. The van der Waals surface area contributed by atoms with Crippen molar-refractivity contribution in [3.8, 4) is 0 Å². The Hall–Kier alpha value is -1.88. The van der Waals surface area contributed by atoms with Gasteiger partial charge >= 0.3 is 5.97 Å². The number of piperidine rings is 1. The average Bonchev–Trinajstić information content (AvgIpc) is 2.58. The lowest BCUT2D eigenvalue weighted by atomic mass is 10.0. The van der Waals surface area contributed by atoms with Gasteiger partial charge in [-0.1, -0.05) is 25.5 Å². The number of para-hydroxylation sites is 1. The van der Waals surface area contributed by atoms with Crippen LogP contribution in [0.3, 0.4) is 0 Å². The van der Waals surface area contributed by atoms with Gasteiger partial charge in [-0.2, -0.15) is 0 Å². The molecule has 0 aliphatic carbocycles. The van der Waals surface area contributed by atoms with Gasteiger partial charge in [-0.15, -0.1) is 0 Å². The van der Waals surface area contributed by atoms with Crippen LogP contribution in [-0.4, -0.2) is 42.5 Å². The summed E-state index contributed by atoms with van der Waals surface area (Å²) in [5, 5.41) is 2.99. The van der Waals surface area contributed by atoms with E-state index in [1.165, 1.54) is 6.42 Å². The number of esters is 1. The van der Waals surface area contributed by atoms with E-state index in [2.05, 4.69) is 10.2 Å². The first-order chi connectivity index (χ1) is 11.6. The molecule has 1 amide bonds. The fraction of sp³-hybridized carbons (Fsp3) is 0.579. The third-order valence-electron chi connectivity index (χ3n) is 4.54. The van der Waals surface area contributed by atoms with Crippen molar-refractivity contribution in [1.82, 2.24) is 4.90 Å². The average molecular weight is 332 g/mol. The van der Waals surface area contributed by atoms with Crippen molar-refractivity contribution in [1.29, 1.82) is 0 Å². The molecular formula is C19H28N2O3. The SMILES string of the molecule is CCOC(=O)c1cccc(C)c1NC(=O)C(CC)N1CCCCC1. The number of hydrogen-bond acceptors (Lipinski definition) is 4. The zero-order valence-electron chi connectivity index (χ0n) is 14.9. The summed E-state index contributed by atoms with van der Waals surface area (Å²) in [7, 11) is 0. The topological polar surface area (TPSA) is 58.6 Å². The summed E-state index contributed by atoms with van der Waals surface area (Å²) >= 11 is 0. The summed E-state index contributed by atoms with van der Waals surface area (Å²) in [6.07, 6.45) is 4.27. The highest BCUT2D eigenvalue weighted by Crippen LogP contribution is 2.23. The number of ether oxygens (including phenoxy) is 1. The van der Waals surface area contributed by atoms with Gasteiger partial charge in [-0.05, 0) is 57.8 Å². The molecule has 1 aliphatic heterocycles. The normalized spacial score (nSPS) is 16.5. The third kappa shape index (κ3) is 4.35. The third-order valence-corrected chi connectivity index (χ3v) is 4.54. The molecule has 1 unspecified atom stereocenters. The van der Waals surface area contributed by atoms with E-state index in [0.717, 1.165) is 37.9 Å². The van der Waals surface area contributed by atoms with Crippen molar-refractivity contribution < 1.29 is 14.3 Å². The molecular weight excluding hydrogens is 304 g/mol. The van der Waals surface area contributed by atoms with Gasteiger partial charge in [0.25, 0.3) is 0 Å². The Balaban J connectivity index is 2.19. The standard InChI is InChI=1S/C19H28N2O3/c1-4-16(21-12-7-6-8-13-21)18(22)20-17-14(3)10-9-11-15(17)19(23)24-5-2/h9-11,16H,4-8,12-13H2,1-3H3,(H,20,22). The molecule has 1 aromatic rings. The lowest BCUT2D eigenvalue weighted by Crippen LogP contribution is -2.46. The maximum atomic E-state index is 12.8. The Labute approximate surface area is 144 Å². The quantitative estimate of drug-likeness (QED) is 0.812. The van der Waals surface area contributed by atoms with Gasteiger partial charge in [0.1, 0.15) is 0 Å². The van der Waals surface area contributed by atoms with Gasteiger partial charge in [0, 0.05) is 0 Å². The Morgan fingerprint density at radius 1 is 1.21 bits per heavy atom. The Bertz CT molecular complexity index is 580. The zero-order chi connectivity index (χ0) is 17.5. The molecule has 5 heteroatoms. The summed E-state index contributed by atoms with van der Waals surface area (Å²) in [6, 6.07) is 5.24. The highest BCUT2D eigenvalue weighted by molar-refractivity contribution is 6.03. The van der Waals surface area contributed by atoms with Crippen LogP contribution in [0.25, 0.3) is 0 Å². The number of likely N-dealkylation sites (tertiary alicyclic amines) is 1. The fourth-order valence-electron chi connectivity index (χ4n) is 3.26. The van der Waals surface area contributed by atoms with Crippen LogP contribution >= 0.6 is 0 Å². The lowest BCUT2D eigenvalue weighted by Gasteiger charge is -2.33. The number of nitrogens with zero attached hydrogens (tertiary/aromatic N) is 1. The van der Waals surface area contributed by atoms with E-state index >= 15 is 0 Å². The maximum Gasteiger partial charge on any atom is 0.340 e. The second-order valence-electron chi connectivity index (χ2n) is 6.23. The van der Waals surface area contributed by atoms with Gasteiger partial charge < -0.3 is 10.1 Å². The van der Waals surface area contributed by atoms with E-state index in [0.29, 0.717) is 17.9 Å². The molecule has 5 nitrogen and oxygen atoms in total. The van der Waals surface area contributed by atoms with Crippen molar-refractivity contribution >= 4 is 17.6 Å². The predicted octanol–water partition coefficient (Wildman–Crippen LogP) is 3.37. The Morgan fingerprint density at radius 3 is 2.54 bits per heavy atom. The minimum absolute atomic E-state index is 0.0424. The van der Waals surface area contributed by atoms with E-state index < -0.39 is 5.97 Å². The van der Waals surface area contributed by atoms with Crippen molar-refractivity contribution in [2.75, 3.05) is 25.0 Å². The molecule has 24 heavy (non-hydrogen) atoms. The summed E-state index contributed by atoms with van der Waals surface area (Å²) in [5.41, 5.74) is 1.84. The maximum absolute atomic E-state index is 12.8. The lowest BCUT2D eigenvalue weighted by molar-refractivity contribution is -0.121. The molecule has 2 rings (SSSR count). The van der Waals surface area contributed by atoms with Gasteiger partial charge in [0.05, 0.1) is 23.9 Å². The number of carbonyl (C=O) groups excluding carboxylic acids is 2. The first-order valence-electron chi connectivity index (χ1n) is 8.90. The van der Waals surface area contributed by atoms with E-state index in [1.54, 1.807) is 19.1 Å². The van der Waals surface area contributed by atoms with Crippen molar-refractivity contribution in [2.24, 2.45) is 0 Å². The molecule has 1 aliphatic rings. The van der Waals surface area contributed by atoms with E-state index in [9.17, 15) is 9.59 Å². The number of rotatable bonds is 6. The van der Waals surface area contributed by atoms with Crippen LogP contribution in [-0.2, 0) is 9.53 Å². The molecule has 1 aromatic carbocycles. The molecule has 0 radical (unpaired) electrons. The van der Waals surface area contributed by atoms with E-state index in [-0.39, 0.29) is 11.9 Å². The van der Waals surface area contributed by atoms with E-state index in [4.69, 9.17) is 4.74 Å². The van der Waals surface area contributed by atoms with Crippen LogP contribution in [0.1, 0.15) is 55.5 Å². The van der Waals surface area contributed by atoms with Gasteiger partial charge in [-0.25, -0.2) is 4.79 Å². The first kappa shape index (κ1) is 18.5. The van der Waals surface area contributed by atoms with Gasteiger partial charge in [0.15, 0.2) is 0 Å². The molecule has 1 fully saturated rings. The molecule has 1 heterocycles. The second-order valence-corrected chi connectivity index (χ2v) is 6.23. The fourth-order valence-corrected chi connectivity index (χ4v) is 3.26. The summed E-state index contributed by atoms with van der Waals surface area (Å²) < 4.78 is 5.11. The number of aryl methyl sites for hydroxylation is 1. The number of carbonyl (C=O) groups is 2. The van der Waals surface area contributed by atoms with Gasteiger partial charge in [-0.3, -0.25) is 9.69 Å². The largest absolute Gasteiger partial charge is 0.462 e. The molecule has 0 bridgehead atoms. The molecule has 0 saturated carbocycles. The van der Waals surface area contributed by atoms with Crippen LogP contribution in [0.5, 0.6) is 0 Å². The number of benzene rings is 1. The zero-order valence-corrected chi connectivity index (χ0v) is 14.9. The van der Waals surface area contributed by atoms with Crippen molar-refractivity contribution in [2.45, 2.75) is 52.5 Å². The predicted molar refractivity (Wildman–Crippen MR) is 95.3 cm³/mol. The number of hydrogen-bond donors (Lipinski definition) is 1. The van der Waals surface area contributed by atoms with Crippen LogP contribution in [0, 0.1) is 6.92 Å². The minimum Gasteiger partial charge on any atom is -0.462 e. The minimum atomic E-state index is -0.400. The summed E-state index contributed by atoms with van der Waals surface area (Å²) in [4.78, 5) is 27.2. The van der Waals surface area contributed by atoms with Crippen LogP contribution in [0.4, 0.5) is 5.69 Å². The number of anilines is 1. The molecule has 0 spiro atoms. The van der Waals surface area contributed by atoms with Crippen LogP contribution in [0.15, 0.2) is 18.2 Å². The van der Waals surface area contributed by atoms with Crippen molar-refractivity contribution in [3.05, 3.63) is 29.3 Å². The number of amides is 1. The molecule has 0 aromatic heterocycles. The molecule has 1 N–H and O–H groups in total. The first-order valence-corrected chi connectivity index (χ1v) is 8.90.